The van der Waals surface area contributed by atoms with Crippen molar-refractivity contribution < 1.29 is 4.42 Å². The summed E-state index contributed by atoms with van der Waals surface area (Å²) in [6.07, 6.45) is 6.89. The molecule has 4 heterocycles. The van der Waals surface area contributed by atoms with Gasteiger partial charge < -0.3 is 14.2 Å². The lowest BCUT2D eigenvalue weighted by Crippen LogP contribution is -2.62. The Morgan fingerprint density at radius 2 is 1.11 bits per heavy atom. The number of hydrogen-bond donors (Lipinski definition) is 0. The van der Waals surface area contributed by atoms with Crippen molar-refractivity contribution in [1.29, 1.82) is 0 Å². The molecule has 3 aliphatic carbocycles. The molecule has 6 aliphatic rings. The molecule has 1 atom stereocenters. The maximum absolute atomic E-state index is 7.82. The number of furan rings is 1. The van der Waals surface area contributed by atoms with Crippen LogP contribution in [0.1, 0.15) is 186 Å². The molecule has 66 heavy (non-hydrogen) atoms. The van der Waals surface area contributed by atoms with Gasteiger partial charge in [-0.15, -0.1) is 0 Å². The van der Waals surface area contributed by atoms with Gasteiger partial charge >= 0.3 is 0 Å². The second-order valence-electron chi connectivity index (χ2n) is 26.3. The van der Waals surface area contributed by atoms with E-state index in [1.54, 1.807) is 11.1 Å². The van der Waals surface area contributed by atoms with Crippen LogP contribution in [0.15, 0.2) is 89.3 Å². The molecular weight excluding hydrogens is 800 g/mol. The zero-order chi connectivity index (χ0) is 46.6. The van der Waals surface area contributed by atoms with E-state index in [4.69, 9.17) is 4.42 Å². The highest BCUT2D eigenvalue weighted by atomic mass is 16.3. The van der Waals surface area contributed by atoms with Crippen LogP contribution in [0.5, 0.6) is 0 Å². The van der Waals surface area contributed by atoms with Crippen molar-refractivity contribution in [3.8, 4) is 11.1 Å². The lowest BCUT2D eigenvalue weighted by Gasteiger charge is -2.55. The van der Waals surface area contributed by atoms with Gasteiger partial charge in [0.2, 0.25) is 0 Å². The van der Waals surface area contributed by atoms with Crippen LogP contribution in [0.3, 0.4) is 0 Å². The molecule has 0 saturated carbocycles. The zero-order valence-corrected chi connectivity index (χ0v) is 42.7. The molecule has 0 saturated heterocycles. The van der Waals surface area contributed by atoms with Gasteiger partial charge in [-0.25, -0.2) is 0 Å². The van der Waals surface area contributed by atoms with Gasteiger partial charge in [-0.05, 0) is 158 Å². The second-order valence-corrected chi connectivity index (χ2v) is 26.3. The molecule has 5 aromatic carbocycles. The quantitative estimate of drug-likeness (QED) is 0.161. The third-order valence-electron chi connectivity index (χ3n) is 18.4. The van der Waals surface area contributed by atoms with E-state index in [9.17, 15) is 0 Å². The largest absolute Gasteiger partial charge is 0.472 e. The number of fused-ring (bicyclic) bond motifs is 10. The van der Waals surface area contributed by atoms with Crippen LogP contribution in [-0.2, 0) is 37.9 Å². The van der Waals surface area contributed by atoms with Crippen LogP contribution in [0.4, 0.5) is 34.1 Å². The zero-order valence-electron chi connectivity index (χ0n) is 42.7. The summed E-state index contributed by atoms with van der Waals surface area (Å²) in [5.41, 5.74) is 25.8. The Hall–Kier alpha value is -4.96. The highest BCUT2D eigenvalue weighted by Gasteiger charge is 2.57. The molecule has 3 nitrogen and oxygen atoms in total. The van der Waals surface area contributed by atoms with E-state index >= 15 is 0 Å². The molecule has 12 rings (SSSR count). The van der Waals surface area contributed by atoms with E-state index in [0.717, 1.165) is 31.3 Å². The van der Waals surface area contributed by atoms with Gasteiger partial charge in [-0.1, -0.05) is 152 Å². The molecule has 1 unspecified atom stereocenters. The molecule has 3 aliphatic heterocycles. The maximum Gasteiger partial charge on any atom is 0.297 e. The Morgan fingerprint density at radius 3 is 1.77 bits per heavy atom. The summed E-state index contributed by atoms with van der Waals surface area (Å²) in [6, 6.07) is 34.0. The summed E-state index contributed by atoms with van der Waals surface area (Å²) in [5.74, 6) is 1.18. The number of nitrogens with zero attached hydrogens (tertiary/aromatic N) is 2. The van der Waals surface area contributed by atoms with Crippen molar-refractivity contribution in [1.82, 2.24) is 0 Å². The lowest BCUT2D eigenvalue weighted by atomic mass is 9.34. The molecule has 0 radical (unpaired) electrons. The van der Waals surface area contributed by atoms with Crippen molar-refractivity contribution in [2.45, 2.75) is 180 Å². The average molecular weight is 871 g/mol. The standard InChI is InChI=1S/C62H71BN2O/c1-36-31-47-51-48(32-36)65-46-35-42-41(58(7,8)25-26-59(42,9)10)34-43(46)62(15)30-29-57(5,6)40-22-23-44(52(65)49(40)62)63(51)55-53(50-54(66-55)61(13,14)28-27-60(50,11)12)64(47)45-24-21-38(56(2,3)4)33-39(45)37-19-17-16-18-20-37/h16-24,31-35H,25-30H2,1-15H3. The summed E-state index contributed by atoms with van der Waals surface area (Å²) in [5, 5.41) is 0. The van der Waals surface area contributed by atoms with Crippen LogP contribution in [0, 0.1) is 6.92 Å². The first-order valence-electron chi connectivity index (χ1n) is 25.4. The van der Waals surface area contributed by atoms with E-state index in [1.807, 2.05) is 0 Å². The van der Waals surface area contributed by atoms with Gasteiger partial charge in [0.05, 0.1) is 22.7 Å². The molecule has 0 N–H and O–H groups in total. The number of benzene rings is 5. The lowest BCUT2D eigenvalue weighted by molar-refractivity contribution is 0.282. The molecule has 4 heteroatoms. The first kappa shape index (κ1) is 42.4. The third-order valence-corrected chi connectivity index (χ3v) is 18.4. The van der Waals surface area contributed by atoms with Crippen molar-refractivity contribution in [3.63, 3.8) is 0 Å². The Kier molecular flexibility index (Phi) is 8.33. The summed E-state index contributed by atoms with van der Waals surface area (Å²) in [4.78, 5) is 5.48. The molecule has 6 aromatic rings. The van der Waals surface area contributed by atoms with Gasteiger partial charge in [0.1, 0.15) is 5.76 Å². The van der Waals surface area contributed by atoms with Gasteiger partial charge in [0, 0.05) is 39.0 Å². The first-order chi connectivity index (χ1) is 30.9. The summed E-state index contributed by atoms with van der Waals surface area (Å²) < 4.78 is 7.82. The van der Waals surface area contributed by atoms with Crippen LogP contribution in [0.2, 0.25) is 0 Å². The van der Waals surface area contributed by atoms with Crippen LogP contribution in [-0.4, -0.2) is 6.71 Å². The summed E-state index contributed by atoms with van der Waals surface area (Å²) in [7, 11) is 0. The Labute approximate surface area is 396 Å². The van der Waals surface area contributed by atoms with E-state index in [-0.39, 0.29) is 44.6 Å². The first-order valence-corrected chi connectivity index (χ1v) is 25.4. The minimum Gasteiger partial charge on any atom is -0.472 e. The number of rotatable bonds is 2. The molecule has 0 fully saturated rings. The van der Waals surface area contributed by atoms with Gasteiger partial charge in [-0.3, -0.25) is 0 Å². The number of anilines is 6. The number of hydrogen-bond acceptors (Lipinski definition) is 3. The molecule has 338 valence electrons. The molecular formula is C62H71BN2O. The monoisotopic (exact) mass is 871 g/mol. The van der Waals surface area contributed by atoms with E-state index in [0.29, 0.717) is 0 Å². The highest BCUT2D eigenvalue weighted by Crippen LogP contribution is 2.63. The second kappa shape index (κ2) is 13.0. The van der Waals surface area contributed by atoms with Crippen molar-refractivity contribution in [2.24, 2.45) is 0 Å². The fourth-order valence-electron chi connectivity index (χ4n) is 14.0. The van der Waals surface area contributed by atoms with Crippen LogP contribution in [0.25, 0.3) is 11.1 Å². The van der Waals surface area contributed by atoms with Gasteiger partial charge in [0.25, 0.3) is 6.71 Å². The molecule has 0 amide bonds. The van der Waals surface area contributed by atoms with Gasteiger partial charge in [-0.2, -0.15) is 0 Å². The fraction of sp³-hybridized carbons (Fsp3) is 0.452. The van der Waals surface area contributed by atoms with E-state index in [1.165, 1.54) is 108 Å². The van der Waals surface area contributed by atoms with Gasteiger partial charge in [0.15, 0.2) is 0 Å². The topological polar surface area (TPSA) is 19.6 Å². The smallest absolute Gasteiger partial charge is 0.297 e. The summed E-state index contributed by atoms with van der Waals surface area (Å²) in [6.45, 7) is 36.7. The Balaban J connectivity index is 1.24. The predicted molar refractivity (Wildman–Crippen MR) is 281 cm³/mol. The predicted octanol–water partition coefficient (Wildman–Crippen LogP) is 15.0. The van der Waals surface area contributed by atoms with Crippen LogP contribution >= 0.6 is 0 Å². The minimum atomic E-state index is -0.131. The van der Waals surface area contributed by atoms with E-state index < -0.39 is 0 Å². The fourth-order valence-corrected chi connectivity index (χ4v) is 14.0. The summed E-state index contributed by atoms with van der Waals surface area (Å²) >= 11 is 0. The Bertz CT molecular complexity index is 3090. The molecule has 0 bridgehead atoms. The maximum atomic E-state index is 7.82. The molecule has 1 aromatic heterocycles. The Morgan fingerprint density at radius 1 is 0.515 bits per heavy atom. The third kappa shape index (κ3) is 5.51. The van der Waals surface area contributed by atoms with Crippen molar-refractivity contribution in [2.75, 3.05) is 9.80 Å². The van der Waals surface area contributed by atoms with Crippen molar-refractivity contribution >= 4 is 57.4 Å². The SMILES string of the molecule is Cc1cc2c3c(c1)N1c4cc5c(cc4C4(C)CCC(C)(C)c6ccc(c1c64)B3c1oc3c(c1N2c1ccc(C(C)(C)C)cc1-c1ccccc1)C(C)(C)CCC3(C)C)C(C)(C)CCC5(C)C. The van der Waals surface area contributed by atoms with Crippen LogP contribution < -0.4 is 26.4 Å². The molecule has 0 spiro atoms. The highest BCUT2D eigenvalue weighted by molar-refractivity contribution is 6.99. The normalized spacial score (nSPS) is 22.7. The average Bonchev–Trinajstić information content (AvgIpc) is 3.68. The van der Waals surface area contributed by atoms with E-state index in [2.05, 4.69) is 199 Å². The van der Waals surface area contributed by atoms with Crippen molar-refractivity contribution in [3.05, 3.63) is 135 Å². The minimum absolute atomic E-state index is 0.0138. The number of aryl methyl sites for hydroxylation is 1.